The van der Waals surface area contributed by atoms with Crippen LogP contribution in [-0.4, -0.2) is 22.0 Å². The number of aromatic nitrogens is 1. The number of halogens is 3. The van der Waals surface area contributed by atoms with Gasteiger partial charge in [-0.1, -0.05) is 32.9 Å². The van der Waals surface area contributed by atoms with E-state index in [0.29, 0.717) is 16.8 Å². The van der Waals surface area contributed by atoms with Crippen molar-refractivity contribution in [3.05, 3.63) is 70.7 Å². The van der Waals surface area contributed by atoms with E-state index < -0.39 is 28.9 Å². The SMILES string of the molecule is CC(C)(C)C(NC(=O)O)(C1=C(Nc2ccnc(C(F)(F)F)c2)CCC1=O)c1ccc(C#N)cc1. The van der Waals surface area contributed by atoms with Crippen molar-refractivity contribution < 1.29 is 27.9 Å². The lowest BCUT2D eigenvalue weighted by molar-refractivity contribution is -0.141. The number of nitrogens with zero attached hydrogens (tertiary/aromatic N) is 2. The standard InChI is InChI=1S/C24H23F3N4O3/c1-22(2,3)23(31-21(33)34,15-6-4-14(13-28)5-7-15)20-17(8-9-18(20)32)30-16-10-11-29-19(12-16)24(25,26)27/h4-7,10-12,31H,8-9H2,1-3H3,(H,29,30)(H,33,34). The van der Waals surface area contributed by atoms with Crippen LogP contribution in [0.4, 0.5) is 23.7 Å². The second-order valence-electron chi connectivity index (χ2n) is 8.95. The zero-order chi connectivity index (χ0) is 25.3. The number of allylic oxidation sites excluding steroid dienone is 1. The van der Waals surface area contributed by atoms with Crippen molar-refractivity contribution in [1.29, 1.82) is 5.26 Å². The summed E-state index contributed by atoms with van der Waals surface area (Å²) in [5.41, 5.74) is -2.25. The van der Waals surface area contributed by atoms with Gasteiger partial charge < -0.3 is 15.7 Å². The number of carboxylic acid groups (broad SMARTS) is 1. The fourth-order valence-electron chi connectivity index (χ4n) is 4.28. The van der Waals surface area contributed by atoms with Gasteiger partial charge in [-0.2, -0.15) is 18.4 Å². The van der Waals surface area contributed by atoms with Crippen LogP contribution < -0.4 is 10.6 Å². The number of anilines is 1. The lowest BCUT2D eigenvalue weighted by Crippen LogP contribution is -2.57. The van der Waals surface area contributed by atoms with Crippen molar-refractivity contribution >= 4 is 17.6 Å². The molecule has 178 valence electrons. The smallest absolute Gasteiger partial charge is 0.433 e. The van der Waals surface area contributed by atoms with Crippen molar-refractivity contribution in [2.24, 2.45) is 5.41 Å². The molecule has 0 saturated heterocycles. The quantitative estimate of drug-likeness (QED) is 0.550. The second kappa shape index (κ2) is 8.82. The molecular formula is C24H23F3N4O3. The van der Waals surface area contributed by atoms with Gasteiger partial charge in [0, 0.05) is 29.6 Å². The van der Waals surface area contributed by atoms with Crippen LogP contribution in [0.2, 0.25) is 0 Å². The molecule has 34 heavy (non-hydrogen) atoms. The first-order valence-corrected chi connectivity index (χ1v) is 10.4. The molecule has 0 aliphatic heterocycles. The maximum absolute atomic E-state index is 13.2. The molecular weight excluding hydrogens is 449 g/mol. The molecule has 0 saturated carbocycles. The van der Waals surface area contributed by atoms with E-state index in [-0.39, 0.29) is 29.9 Å². The number of Topliss-reactive ketones (excluding diaryl/α,β-unsaturated/α-hetero) is 1. The topological polar surface area (TPSA) is 115 Å². The Morgan fingerprint density at radius 1 is 1.12 bits per heavy atom. The highest BCUT2D eigenvalue weighted by Crippen LogP contribution is 2.49. The van der Waals surface area contributed by atoms with E-state index in [2.05, 4.69) is 15.6 Å². The average Bonchev–Trinajstić information content (AvgIpc) is 3.11. The number of hydrogen-bond donors (Lipinski definition) is 3. The Kier molecular flexibility index (Phi) is 6.42. The zero-order valence-corrected chi connectivity index (χ0v) is 18.7. The number of amides is 1. The van der Waals surface area contributed by atoms with Crippen LogP contribution in [0.5, 0.6) is 0 Å². The number of rotatable bonds is 5. The van der Waals surface area contributed by atoms with Crippen molar-refractivity contribution in [3.8, 4) is 6.07 Å². The number of benzene rings is 1. The zero-order valence-electron chi connectivity index (χ0n) is 18.7. The van der Waals surface area contributed by atoms with Crippen molar-refractivity contribution in [1.82, 2.24) is 10.3 Å². The minimum Gasteiger partial charge on any atom is -0.465 e. The molecule has 1 aromatic heterocycles. The molecule has 3 N–H and O–H groups in total. The second-order valence-corrected chi connectivity index (χ2v) is 8.95. The van der Waals surface area contributed by atoms with E-state index in [9.17, 15) is 27.9 Å². The predicted octanol–water partition coefficient (Wildman–Crippen LogP) is 5.21. The molecule has 10 heteroatoms. The summed E-state index contributed by atoms with van der Waals surface area (Å²) in [5.74, 6) is -0.333. The van der Waals surface area contributed by atoms with Gasteiger partial charge in [0.25, 0.3) is 0 Å². The summed E-state index contributed by atoms with van der Waals surface area (Å²) < 4.78 is 39.4. The van der Waals surface area contributed by atoms with Gasteiger partial charge in [0.1, 0.15) is 11.2 Å². The first-order chi connectivity index (χ1) is 15.8. The van der Waals surface area contributed by atoms with Crippen molar-refractivity contribution in [3.63, 3.8) is 0 Å². The molecule has 1 unspecified atom stereocenters. The van der Waals surface area contributed by atoms with E-state index >= 15 is 0 Å². The lowest BCUT2D eigenvalue weighted by Gasteiger charge is -2.46. The summed E-state index contributed by atoms with van der Waals surface area (Å²) in [6.45, 7) is 5.27. The molecule has 2 aromatic rings. The van der Waals surface area contributed by atoms with Gasteiger partial charge in [0.2, 0.25) is 0 Å². The van der Waals surface area contributed by atoms with Crippen molar-refractivity contribution in [2.45, 2.75) is 45.3 Å². The molecule has 0 radical (unpaired) electrons. The first kappa shape index (κ1) is 24.8. The number of nitriles is 1. The van der Waals surface area contributed by atoms with Gasteiger partial charge in [-0.05, 0) is 41.7 Å². The summed E-state index contributed by atoms with van der Waals surface area (Å²) in [5, 5.41) is 24.4. The Morgan fingerprint density at radius 2 is 1.76 bits per heavy atom. The number of carbonyl (C=O) groups excluding carboxylic acids is 1. The van der Waals surface area contributed by atoms with Gasteiger partial charge in [-0.25, -0.2) is 4.79 Å². The van der Waals surface area contributed by atoms with E-state index in [4.69, 9.17) is 5.26 Å². The molecule has 1 amide bonds. The van der Waals surface area contributed by atoms with Crippen LogP contribution in [0.3, 0.4) is 0 Å². The maximum atomic E-state index is 13.2. The molecule has 0 fully saturated rings. The van der Waals surface area contributed by atoms with Crippen LogP contribution in [-0.2, 0) is 16.5 Å². The molecule has 1 aliphatic rings. The Labute approximate surface area is 194 Å². The summed E-state index contributed by atoms with van der Waals surface area (Å²) in [6, 6.07) is 10.4. The van der Waals surface area contributed by atoms with Crippen LogP contribution in [0, 0.1) is 16.7 Å². The third-order valence-electron chi connectivity index (χ3n) is 5.77. The van der Waals surface area contributed by atoms with Gasteiger partial charge in [0.15, 0.2) is 5.78 Å². The van der Waals surface area contributed by atoms with Crippen LogP contribution in [0.15, 0.2) is 53.9 Å². The number of ketones is 1. The first-order valence-electron chi connectivity index (χ1n) is 10.4. The highest BCUT2D eigenvalue weighted by atomic mass is 19.4. The fourth-order valence-corrected chi connectivity index (χ4v) is 4.28. The van der Waals surface area contributed by atoms with E-state index in [1.165, 1.54) is 18.2 Å². The third-order valence-corrected chi connectivity index (χ3v) is 5.77. The largest absolute Gasteiger partial charge is 0.465 e. The minimum atomic E-state index is -4.65. The normalized spacial score (nSPS) is 16.1. The lowest BCUT2D eigenvalue weighted by atomic mass is 9.64. The Morgan fingerprint density at radius 3 is 2.29 bits per heavy atom. The monoisotopic (exact) mass is 472 g/mol. The maximum Gasteiger partial charge on any atom is 0.433 e. The third kappa shape index (κ3) is 4.59. The molecule has 7 nitrogen and oxygen atoms in total. The van der Waals surface area contributed by atoms with Crippen molar-refractivity contribution in [2.75, 3.05) is 5.32 Å². The van der Waals surface area contributed by atoms with E-state index in [1.54, 1.807) is 32.9 Å². The minimum absolute atomic E-state index is 0.0598. The van der Waals surface area contributed by atoms with Crippen LogP contribution in [0.1, 0.15) is 50.4 Å². The molecule has 1 aromatic carbocycles. The molecule has 3 rings (SSSR count). The Hall–Kier alpha value is -3.87. The highest BCUT2D eigenvalue weighted by molar-refractivity contribution is 6.02. The van der Waals surface area contributed by atoms with Gasteiger partial charge in [-0.3, -0.25) is 9.78 Å². The number of alkyl halides is 3. The van der Waals surface area contributed by atoms with Gasteiger partial charge >= 0.3 is 12.3 Å². The Balaban J connectivity index is 2.25. The molecule has 0 bridgehead atoms. The summed E-state index contributed by atoms with van der Waals surface area (Å²) in [7, 11) is 0. The molecule has 1 heterocycles. The average molecular weight is 472 g/mol. The fraction of sp³-hybridized carbons (Fsp3) is 0.333. The number of pyridine rings is 1. The molecule has 0 spiro atoms. The van der Waals surface area contributed by atoms with Gasteiger partial charge in [-0.15, -0.1) is 0 Å². The van der Waals surface area contributed by atoms with E-state index in [0.717, 1.165) is 12.3 Å². The number of hydrogen-bond acceptors (Lipinski definition) is 5. The van der Waals surface area contributed by atoms with Crippen LogP contribution >= 0.6 is 0 Å². The molecule has 1 atom stereocenters. The molecule has 1 aliphatic carbocycles. The highest BCUT2D eigenvalue weighted by Gasteiger charge is 2.52. The summed E-state index contributed by atoms with van der Waals surface area (Å²) in [6.07, 6.45) is -4.77. The Bertz CT molecular complexity index is 1190. The van der Waals surface area contributed by atoms with Gasteiger partial charge in [0.05, 0.1) is 11.6 Å². The summed E-state index contributed by atoms with van der Waals surface area (Å²) in [4.78, 5) is 28.5. The predicted molar refractivity (Wildman–Crippen MR) is 118 cm³/mol. The van der Waals surface area contributed by atoms with E-state index in [1.807, 2.05) is 6.07 Å². The number of carbonyl (C=O) groups is 2. The summed E-state index contributed by atoms with van der Waals surface area (Å²) >= 11 is 0. The number of nitrogens with one attached hydrogen (secondary N) is 2. The van der Waals surface area contributed by atoms with Crippen LogP contribution in [0.25, 0.3) is 0 Å².